The quantitative estimate of drug-likeness (QED) is 0.490. The molecule has 0 radical (unpaired) electrons. The molecule has 1 saturated heterocycles. The number of thioether (sulfide) groups is 1. The standard InChI is InChI=1S/C27H30N2O4S/c1-17-15-21-22(16-18(17)2)33-26-23(25(21)30)24(19-5-7-20(34-3)8-6-19)29(27(26)31)10-4-9-28-11-13-32-14-12-28/h5-8,15-16,24H,4,9-14H2,1-3H3/t24-/m0/s1. The zero-order chi connectivity index (χ0) is 23.8. The van der Waals surface area contributed by atoms with Crippen molar-refractivity contribution in [1.82, 2.24) is 9.80 Å². The lowest BCUT2D eigenvalue weighted by molar-refractivity contribution is 0.0353. The number of hydrogen-bond acceptors (Lipinski definition) is 6. The van der Waals surface area contributed by atoms with E-state index in [1.807, 2.05) is 61.4 Å². The molecule has 0 spiro atoms. The molecule has 2 aromatic carbocycles. The first-order valence-corrected chi connectivity index (χ1v) is 13.0. The maximum Gasteiger partial charge on any atom is 0.290 e. The second kappa shape index (κ2) is 9.56. The minimum absolute atomic E-state index is 0.109. The summed E-state index contributed by atoms with van der Waals surface area (Å²) in [5.41, 5.74) is 3.84. The van der Waals surface area contributed by atoms with Gasteiger partial charge in [0, 0.05) is 31.1 Å². The predicted octanol–water partition coefficient (Wildman–Crippen LogP) is 4.40. The summed E-state index contributed by atoms with van der Waals surface area (Å²) in [5.74, 6) is -0.0146. The van der Waals surface area contributed by atoms with Gasteiger partial charge in [-0.05, 0) is 67.5 Å². The van der Waals surface area contributed by atoms with Crippen molar-refractivity contribution in [3.05, 3.63) is 74.6 Å². The van der Waals surface area contributed by atoms with E-state index in [0.717, 1.165) is 60.9 Å². The zero-order valence-electron chi connectivity index (χ0n) is 19.9. The van der Waals surface area contributed by atoms with Crippen molar-refractivity contribution in [3.63, 3.8) is 0 Å². The van der Waals surface area contributed by atoms with E-state index < -0.39 is 6.04 Å². The van der Waals surface area contributed by atoms with Crippen LogP contribution in [-0.2, 0) is 4.74 Å². The Bertz CT molecular complexity index is 1280. The molecule has 5 rings (SSSR count). The topological polar surface area (TPSA) is 63.0 Å². The Hall–Kier alpha value is -2.61. The van der Waals surface area contributed by atoms with E-state index in [0.29, 0.717) is 23.1 Å². The minimum Gasteiger partial charge on any atom is -0.450 e. The number of hydrogen-bond donors (Lipinski definition) is 0. The van der Waals surface area contributed by atoms with Gasteiger partial charge in [0.1, 0.15) is 5.58 Å². The normalized spacial score (nSPS) is 18.6. The molecule has 0 bridgehead atoms. The molecule has 1 aromatic heterocycles. The Kier molecular flexibility index (Phi) is 6.51. The van der Waals surface area contributed by atoms with Crippen molar-refractivity contribution in [3.8, 4) is 0 Å². The third kappa shape index (κ3) is 4.17. The van der Waals surface area contributed by atoms with Gasteiger partial charge >= 0.3 is 0 Å². The highest BCUT2D eigenvalue weighted by atomic mass is 32.2. The summed E-state index contributed by atoms with van der Waals surface area (Å²) in [6, 6.07) is 11.5. The number of rotatable bonds is 6. The Morgan fingerprint density at radius 1 is 1.00 bits per heavy atom. The summed E-state index contributed by atoms with van der Waals surface area (Å²) in [5, 5.41) is 0.538. The van der Waals surface area contributed by atoms with Crippen LogP contribution in [0.15, 0.2) is 50.5 Å². The van der Waals surface area contributed by atoms with Gasteiger partial charge in [-0.25, -0.2) is 0 Å². The maximum atomic E-state index is 13.7. The third-order valence-corrected chi connectivity index (χ3v) is 7.73. The first-order chi connectivity index (χ1) is 16.5. The summed E-state index contributed by atoms with van der Waals surface area (Å²) in [7, 11) is 0. The highest BCUT2D eigenvalue weighted by molar-refractivity contribution is 7.98. The van der Waals surface area contributed by atoms with E-state index in [2.05, 4.69) is 4.90 Å². The molecule has 1 amide bonds. The highest BCUT2D eigenvalue weighted by Gasteiger charge is 2.42. The minimum atomic E-state index is -0.439. The predicted molar refractivity (Wildman–Crippen MR) is 135 cm³/mol. The van der Waals surface area contributed by atoms with Gasteiger partial charge in [0.2, 0.25) is 5.76 Å². The van der Waals surface area contributed by atoms with Gasteiger partial charge in [0.15, 0.2) is 5.43 Å². The van der Waals surface area contributed by atoms with E-state index >= 15 is 0 Å². The van der Waals surface area contributed by atoms with Gasteiger partial charge in [-0.1, -0.05) is 12.1 Å². The summed E-state index contributed by atoms with van der Waals surface area (Å²) >= 11 is 1.67. The molecule has 3 aromatic rings. The number of carbonyl (C=O) groups excluding carboxylic acids is 1. The number of benzene rings is 2. The molecular formula is C27H30N2O4S. The number of fused-ring (bicyclic) bond motifs is 2. The van der Waals surface area contributed by atoms with Crippen LogP contribution in [0.5, 0.6) is 0 Å². The molecule has 2 aliphatic rings. The fraction of sp³-hybridized carbons (Fsp3) is 0.407. The van der Waals surface area contributed by atoms with Crippen molar-refractivity contribution >= 4 is 28.6 Å². The van der Waals surface area contributed by atoms with Gasteiger partial charge in [-0.2, -0.15) is 0 Å². The molecule has 0 saturated carbocycles. The second-order valence-corrected chi connectivity index (χ2v) is 9.97. The molecule has 7 heteroatoms. The third-order valence-electron chi connectivity index (χ3n) is 6.99. The van der Waals surface area contributed by atoms with Crippen LogP contribution in [0.4, 0.5) is 0 Å². The van der Waals surface area contributed by atoms with Crippen LogP contribution in [0.2, 0.25) is 0 Å². The number of nitrogens with zero attached hydrogens (tertiary/aromatic N) is 2. The lowest BCUT2D eigenvalue weighted by atomic mass is 9.97. The first kappa shape index (κ1) is 23.1. The van der Waals surface area contributed by atoms with Gasteiger partial charge in [-0.15, -0.1) is 11.8 Å². The van der Waals surface area contributed by atoms with Crippen molar-refractivity contribution in [2.45, 2.75) is 31.2 Å². The number of carbonyl (C=O) groups is 1. The van der Waals surface area contributed by atoms with Crippen LogP contribution in [0, 0.1) is 13.8 Å². The summed E-state index contributed by atoms with van der Waals surface area (Å²) in [6.07, 6.45) is 2.86. The zero-order valence-corrected chi connectivity index (χ0v) is 20.7. The van der Waals surface area contributed by atoms with Crippen molar-refractivity contribution < 1.29 is 13.9 Å². The summed E-state index contributed by atoms with van der Waals surface area (Å²) < 4.78 is 11.6. The Morgan fingerprint density at radius 2 is 1.71 bits per heavy atom. The van der Waals surface area contributed by atoms with Crippen LogP contribution < -0.4 is 5.43 Å². The van der Waals surface area contributed by atoms with E-state index in [1.165, 1.54) is 0 Å². The molecule has 178 valence electrons. The Balaban J connectivity index is 1.55. The molecule has 1 fully saturated rings. The Morgan fingerprint density at radius 3 is 2.41 bits per heavy atom. The monoisotopic (exact) mass is 478 g/mol. The molecule has 0 unspecified atom stereocenters. The van der Waals surface area contributed by atoms with Gasteiger partial charge < -0.3 is 14.1 Å². The van der Waals surface area contributed by atoms with Crippen LogP contribution in [-0.4, -0.2) is 61.4 Å². The number of ether oxygens (including phenoxy) is 1. The highest BCUT2D eigenvalue weighted by Crippen LogP contribution is 2.39. The van der Waals surface area contributed by atoms with E-state index in [1.54, 1.807) is 11.8 Å². The number of aryl methyl sites for hydroxylation is 2. The van der Waals surface area contributed by atoms with Crippen LogP contribution in [0.3, 0.4) is 0 Å². The second-order valence-electron chi connectivity index (χ2n) is 9.09. The fourth-order valence-electron chi connectivity index (χ4n) is 4.93. The average molecular weight is 479 g/mol. The fourth-order valence-corrected chi connectivity index (χ4v) is 5.34. The van der Waals surface area contributed by atoms with E-state index in [4.69, 9.17) is 9.15 Å². The lowest BCUT2D eigenvalue weighted by Gasteiger charge is -2.29. The molecule has 3 heterocycles. The average Bonchev–Trinajstić information content (AvgIpc) is 3.13. The lowest BCUT2D eigenvalue weighted by Crippen LogP contribution is -2.38. The van der Waals surface area contributed by atoms with Crippen LogP contribution in [0.25, 0.3) is 11.0 Å². The van der Waals surface area contributed by atoms with Gasteiger partial charge in [0.25, 0.3) is 5.91 Å². The van der Waals surface area contributed by atoms with Crippen LogP contribution in [0.1, 0.15) is 45.3 Å². The number of morpholine rings is 1. The van der Waals surface area contributed by atoms with Gasteiger partial charge in [0.05, 0.1) is 30.2 Å². The Labute approximate surface area is 203 Å². The first-order valence-electron chi connectivity index (χ1n) is 11.8. The van der Waals surface area contributed by atoms with Crippen molar-refractivity contribution in [2.75, 3.05) is 45.6 Å². The summed E-state index contributed by atoms with van der Waals surface area (Å²) in [4.78, 5) is 32.7. The number of amides is 1. The van der Waals surface area contributed by atoms with Crippen molar-refractivity contribution in [1.29, 1.82) is 0 Å². The molecule has 0 aliphatic carbocycles. The SMILES string of the molecule is CSc1ccc([C@H]2c3c(oc4cc(C)c(C)cc4c3=O)C(=O)N2CCCN2CCOCC2)cc1. The van der Waals surface area contributed by atoms with Crippen LogP contribution >= 0.6 is 11.8 Å². The maximum absolute atomic E-state index is 13.7. The van der Waals surface area contributed by atoms with E-state index in [-0.39, 0.29) is 17.1 Å². The molecule has 6 nitrogen and oxygen atoms in total. The van der Waals surface area contributed by atoms with Gasteiger partial charge in [-0.3, -0.25) is 14.5 Å². The molecule has 2 aliphatic heterocycles. The van der Waals surface area contributed by atoms with E-state index in [9.17, 15) is 9.59 Å². The molecule has 34 heavy (non-hydrogen) atoms. The molecule has 1 atom stereocenters. The molecular weight excluding hydrogens is 448 g/mol. The van der Waals surface area contributed by atoms with Crippen molar-refractivity contribution in [2.24, 2.45) is 0 Å². The smallest absolute Gasteiger partial charge is 0.290 e. The largest absolute Gasteiger partial charge is 0.450 e. The summed E-state index contributed by atoms with van der Waals surface area (Å²) in [6.45, 7) is 8.76. The molecule has 0 N–H and O–H groups in total.